The average molecular weight is 272 g/mol. The number of anilines is 2. The number of ether oxygens (including phenoxy) is 1. The summed E-state index contributed by atoms with van der Waals surface area (Å²) in [6, 6.07) is 6.66. The predicted octanol–water partition coefficient (Wildman–Crippen LogP) is 1.88. The van der Waals surface area contributed by atoms with Crippen molar-refractivity contribution >= 4 is 17.4 Å². The Labute approximate surface area is 117 Å². The molecule has 0 saturated heterocycles. The van der Waals surface area contributed by atoms with E-state index in [-0.39, 0.29) is 5.91 Å². The zero-order valence-electron chi connectivity index (χ0n) is 11.4. The van der Waals surface area contributed by atoms with Crippen LogP contribution in [0, 0.1) is 0 Å². The highest BCUT2D eigenvalue weighted by atomic mass is 16.5. The minimum absolute atomic E-state index is 0.249. The molecule has 2 rings (SSSR count). The molecule has 6 heteroatoms. The van der Waals surface area contributed by atoms with Crippen LogP contribution in [0.2, 0.25) is 0 Å². The Morgan fingerprint density at radius 2 is 2.20 bits per heavy atom. The Morgan fingerprint density at radius 3 is 2.80 bits per heavy atom. The highest BCUT2D eigenvalue weighted by Crippen LogP contribution is 2.14. The smallest absolute Gasteiger partial charge is 0.255 e. The second-order valence-electron chi connectivity index (χ2n) is 4.17. The van der Waals surface area contributed by atoms with Gasteiger partial charge in [-0.3, -0.25) is 4.79 Å². The summed E-state index contributed by atoms with van der Waals surface area (Å²) in [6.45, 7) is 1.96. The van der Waals surface area contributed by atoms with Crippen LogP contribution in [-0.2, 0) is 6.42 Å². The molecule has 0 radical (unpaired) electrons. The molecule has 2 aromatic heterocycles. The molecular formula is C14H16N4O2. The van der Waals surface area contributed by atoms with Gasteiger partial charge in [-0.1, -0.05) is 6.92 Å². The van der Waals surface area contributed by atoms with Crippen LogP contribution in [0.15, 0.2) is 30.5 Å². The number of aryl methyl sites for hydroxylation is 1. The van der Waals surface area contributed by atoms with Gasteiger partial charge in [-0.2, -0.15) is 0 Å². The van der Waals surface area contributed by atoms with Crippen molar-refractivity contribution in [1.82, 2.24) is 9.97 Å². The summed E-state index contributed by atoms with van der Waals surface area (Å²) in [4.78, 5) is 20.3. The van der Waals surface area contributed by atoms with Gasteiger partial charge in [0.2, 0.25) is 5.88 Å². The standard InChI is InChI=1S/C14H16N4O2/c1-3-10-6-9(7-12(15)17-10)14(19)18-11-4-5-13(20-2)16-8-11/h4-8H,3H2,1-2H3,(H2,15,17)(H,18,19). The molecule has 3 N–H and O–H groups in total. The van der Waals surface area contributed by atoms with Crippen LogP contribution in [0.1, 0.15) is 23.0 Å². The number of rotatable bonds is 4. The van der Waals surface area contributed by atoms with Crippen molar-refractivity contribution in [2.45, 2.75) is 13.3 Å². The molecule has 104 valence electrons. The first-order chi connectivity index (χ1) is 9.62. The fraction of sp³-hybridized carbons (Fsp3) is 0.214. The highest BCUT2D eigenvalue weighted by Gasteiger charge is 2.09. The first-order valence-corrected chi connectivity index (χ1v) is 6.20. The van der Waals surface area contributed by atoms with Gasteiger partial charge in [0, 0.05) is 17.3 Å². The Kier molecular flexibility index (Phi) is 4.14. The first-order valence-electron chi connectivity index (χ1n) is 6.20. The Morgan fingerprint density at radius 1 is 1.40 bits per heavy atom. The molecule has 1 amide bonds. The van der Waals surface area contributed by atoms with Crippen molar-refractivity contribution < 1.29 is 9.53 Å². The van der Waals surface area contributed by atoms with E-state index < -0.39 is 0 Å². The van der Waals surface area contributed by atoms with Gasteiger partial charge in [0.25, 0.3) is 5.91 Å². The molecule has 0 aliphatic rings. The molecule has 0 fully saturated rings. The fourth-order valence-corrected chi connectivity index (χ4v) is 1.70. The van der Waals surface area contributed by atoms with Crippen molar-refractivity contribution in [3.05, 3.63) is 41.7 Å². The average Bonchev–Trinajstić information content (AvgIpc) is 2.47. The number of amides is 1. The number of aromatic nitrogens is 2. The topological polar surface area (TPSA) is 90.1 Å². The van der Waals surface area contributed by atoms with Gasteiger partial charge in [0.05, 0.1) is 19.0 Å². The van der Waals surface area contributed by atoms with E-state index in [2.05, 4.69) is 15.3 Å². The number of nitrogens with two attached hydrogens (primary N) is 1. The van der Waals surface area contributed by atoms with E-state index >= 15 is 0 Å². The zero-order valence-corrected chi connectivity index (χ0v) is 11.4. The number of methoxy groups -OCH3 is 1. The van der Waals surface area contributed by atoms with Gasteiger partial charge >= 0.3 is 0 Å². The second kappa shape index (κ2) is 6.01. The van der Waals surface area contributed by atoms with Crippen LogP contribution in [-0.4, -0.2) is 23.0 Å². The number of nitrogen functional groups attached to an aromatic ring is 1. The van der Waals surface area contributed by atoms with Crippen LogP contribution in [0.3, 0.4) is 0 Å². The van der Waals surface area contributed by atoms with E-state index in [0.29, 0.717) is 22.9 Å². The minimum atomic E-state index is -0.249. The van der Waals surface area contributed by atoms with Gasteiger partial charge in [0.1, 0.15) is 5.82 Å². The molecule has 2 aromatic rings. The van der Waals surface area contributed by atoms with Gasteiger partial charge in [-0.25, -0.2) is 9.97 Å². The molecule has 20 heavy (non-hydrogen) atoms. The van der Waals surface area contributed by atoms with Crippen molar-refractivity contribution in [1.29, 1.82) is 0 Å². The molecule has 0 atom stereocenters. The Bertz CT molecular complexity index is 611. The third-order valence-corrected chi connectivity index (χ3v) is 2.73. The number of hydrogen-bond acceptors (Lipinski definition) is 5. The number of nitrogens with zero attached hydrogens (tertiary/aromatic N) is 2. The molecular weight excluding hydrogens is 256 g/mol. The number of hydrogen-bond donors (Lipinski definition) is 2. The lowest BCUT2D eigenvalue weighted by molar-refractivity contribution is 0.102. The third kappa shape index (κ3) is 3.23. The van der Waals surface area contributed by atoms with Crippen molar-refractivity contribution in [3.63, 3.8) is 0 Å². The summed E-state index contributed by atoms with van der Waals surface area (Å²) in [5, 5.41) is 2.75. The zero-order chi connectivity index (χ0) is 14.5. The predicted molar refractivity (Wildman–Crippen MR) is 76.8 cm³/mol. The highest BCUT2D eigenvalue weighted by molar-refractivity contribution is 6.04. The molecule has 2 heterocycles. The summed E-state index contributed by atoms with van der Waals surface area (Å²) in [7, 11) is 1.53. The lowest BCUT2D eigenvalue weighted by atomic mass is 10.2. The van der Waals surface area contributed by atoms with Crippen LogP contribution in [0.25, 0.3) is 0 Å². The van der Waals surface area contributed by atoms with Crippen LogP contribution in [0.4, 0.5) is 11.5 Å². The summed E-state index contributed by atoms with van der Waals surface area (Å²) < 4.78 is 4.96. The summed E-state index contributed by atoms with van der Waals surface area (Å²) >= 11 is 0. The van der Waals surface area contributed by atoms with E-state index in [0.717, 1.165) is 12.1 Å². The summed E-state index contributed by atoms with van der Waals surface area (Å²) in [5.41, 5.74) is 7.53. The Balaban J connectivity index is 2.16. The van der Waals surface area contributed by atoms with Gasteiger partial charge in [0.15, 0.2) is 0 Å². The lowest BCUT2D eigenvalue weighted by Gasteiger charge is -2.07. The summed E-state index contributed by atoms with van der Waals surface area (Å²) in [5.74, 6) is 0.576. The van der Waals surface area contributed by atoms with Crippen LogP contribution < -0.4 is 15.8 Å². The van der Waals surface area contributed by atoms with E-state index in [1.807, 2.05) is 6.92 Å². The first kappa shape index (κ1) is 13.8. The normalized spacial score (nSPS) is 10.1. The van der Waals surface area contributed by atoms with Crippen LogP contribution in [0.5, 0.6) is 5.88 Å². The summed E-state index contributed by atoms with van der Waals surface area (Å²) in [6.07, 6.45) is 2.25. The maximum atomic E-state index is 12.1. The molecule has 0 spiro atoms. The number of carbonyl (C=O) groups is 1. The van der Waals surface area contributed by atoms with Crippen molar-refractivity contribution in [2.75, 3.05) is 18.2 Å². The molecule has 0 bridgehead atoms. The largest absolute Gasteiger partial charge is 0.481 e. The lowest BCUT2D eigenvalue weighted by Crippen LogP contribution is -2.13. The molecule has 0 aromatic carbocycles. The SMILES string of the molecule is CCc1cc(C(=O)Nc2ccc(OC)nc2)cc(N)n1. The van der Waals surface area contributed by atoms with E-state index in [4.69, 9.17) is 10.5 Å². The second-order valence-corrected chi connectivity index (χ2v) is 4.17. The number of nitrogens with one attached hydrogen (secondary N) is 1. The van der Waals surface area contributed by atoms with Crippen molar-refractivity contribution in [3.8, 4) is 5.88 Å². The molecule has 0 aliphatic heterocycles. The third-order valence-electron chi connectivity index (χ3n) is 2.73. The molecule has 6 nitrogen and oxygen atoms in total. The number of pyridine rings is 2. The van der Waals surface area contributed by atoms with E-state index in [1.54, 1.807) is 24.3 Å². The fourth-order valence-electron chi connectivity index (χ4n) is 1.70. The molecule has 0 saturated carbocycles. The quantitative estimate of drug-likeness (QED) is 0.887. The van der Waals surface area contributed by atoms with Gasteiger partial charge in [-0.15, -0.1) is 0 Å². The van der Waals surface area contributed by atoms with Gasteiger partial charge < -0.3 is 15.8 Å². The monoisotopic (exact) mass is 272 g/mol. The Hall–Kier alpha value is -2.63. The van der Waals surface area contributed by atoms with Gasteiger partial charge in [-0.05, 0) is 24.6 Å². The van der Waals surface area contributed by atoms with Crippen LogP contribution >= 0.6 is 0 Å². The molecule has 0 aliphatic carbocycles. The van der Waals surface area contributed by atoms with E-state index in [9.17, 15) is 4.79 Å². The molecule has 0 unspecified atom stereocenters. The number of carbonyl (C=O) groups excluding carboxylic acids is 1. The van der Waals surface area contributed by atoms with Crippen molar-refractivity contribution in [2.24, 2.45) is 0 Å². The minimum Gasteiger partial charge on any atom is -0.481 e. The maximum absolute atomic E-state index is 12.1. The van der Waals surface area contributed by atoms with E-state index in [1.165, 1.54) is 13.3 Å². The maximum Gasteiger partial charge on any atom is 0.255 e.